The van der Waals surface area contributed by atoms with Crippen molar-refractivity contribution < 1.29 is 22.7 Å². The number of rotatable bonds is 4. The van der Waals surface area contributed by atoms with Crippen molar-refractivity contribution in [3.8, 4) is 5.75 Å². The number of hydrogen-bond donors (Lipinski definition) is 1. The quantitative estimate of drug-likeness (QED) is 0.496. The molecule has 7 heteroatoms. The van der Waals surface area contributed by atoms with E-state index < -0.39 is 11.7 Å². The van der Waals surface area contributed by atoms with Crippen LogP contribution in [0.15, 0.2) is 70.6 Å². The van der Waals surface area contributed by atoms with Gasteiger partial charge in [-0.25, -0.2) is 0 Å². The van der Waals surface area contributed by atoms with Crippen LogP contribution in [0, 0.1) is 0 Å². The van der Waals surface area contributed by atoms with Crippen molar-refractivity contribution in [2.75, 3.05) is 14.2 Å². The van der Waals surface area contributed by atoms with Gasteiger partial charge in [-0.3, -0.25) is 4.79 Å². The lowest BCUT2D eigenvalue weighted by atomic mass is 9.98. The summed E-state index contributed by atoms with van der Waals surface area (Å²) < 4.78 is 44.9. The Kier molecular flexibility index (Phi) is 5.54. The van der Waals surface area contributed by atoms with Crippen LogP contribution >= 0.6 is 11.8 Å². The largest absolute Gasteiger partial charge is 0.496 e. The molecule has 31 heavy (non-hydrogen) atoms. The summed E-state index contributed by atoms with van der Waals surface area (Å²) in [4.78, 5) is 13.6. The van der Waals surface area contributed by atoms with Crippen molar-refractivity contribution in [1.82, 2.24) is 5.32 Å². The summed E-state index contributed by atoms with van der Waals surface area (Å²) in [5, 5.41) is 5.30. The number of Topliss-reactive ketones (excluding diaryl/α,β-unsaturated/α-hetero) is 1. The lowest BCUT2D eigenvalue weighted by Gasteiger charge is -2.10. The summed E-state index contributed by atoms with van der Waals surface area (Å²) in [7, 11) is 3.25. The number of halogens is 3. The molecule has 0 bridgehead atoms. The topological polar surface area (TPSA) is 38.3 Å². The standard InChI is InChI=1S/C24H18F3NO2S/c1-28-23-21(15-7-3-8-16(12-15)24(25,26)27)22(29)20(31-23)13-14-6-4-10-18-17(14)9-5-11-19(18)30-2/h3-13,28H,1-2H3. The molecule has 0 amide bonds. The molecule has 0 unspecified atom stereocenters. The maximum absolute atomic E-state index is 13.2. The molecule has 158 valence electrons. The average molecular weight is 441 g/mol. The third-order valence-corrected chi connectivity index (χ3v) is 6.15. The second kappa shape index (κ2) is 8.15. The number of thioether (sulfide) groups is 1. The van der Waals surface area contributed by atoms with Crippen molar-refractivity contribution in [3.05, 3.63) is 87.3 Å². The predicted octanol–water partition coefficient (Wildman–Crippen LogP) is 6.11. The van der Waals surface area contributed by atoms with E-state index in [1.807, 2.05) is 36.4 Å². The SMILES string of the molecule is CNC1=C(c2cccc(C(F)(F)F)c2)C(=O)C(=Cc2cccc3c(OC)cccc23)S1. The Hall–Kier alpha value is -3.19. The van der Waals surface area contributed by atoms with Crippen molar-refractivity contribution in [1.29, 1.82) is 0 Å². The molecule has 3 nitrogen and oxygen atoms in total. The fourth-order valence-electron chi connectivity index (χ4n) is 3.57. The molecule has 3 aromatic rings. The second-order valence-electron chi connectivity index (χ2n) is 6.88. The first-order valence-electron chi connectivity index (χ1n) is 9.43. The lowest BCUT2D eigenvalue weighted by Crippen LogP contribution is -2.08. The molecule has 0 fully saturated rings. The number of nitrogens with one attached hydrogen (secondary N) is 1. The zero-order valence-electron chi connectivity index (χ0n) is 16.7. The van der Waals surface area contributed by atoms with Gasteiger partial charge in [-0.05, 0) is 40.8 Å². The van der Waals surface area contributed by atoms with Crippen LogP contribution in [0.4, 0.5) is 13.2 Å². The summed E-state index contributed by atoms with van der Waals surface area (Å²) >= 11 is 1.22. The molecule has 0 saturated heterocycles. The van der Waals surface area contributed by atoms with Gasteiger partial charge in [0.25, 0.3) is 0 Å². The number of allylic oxidation sites excluding steroid dienone is 2. The van der Waals surface area contributed by atoms with Gasteiger partial charge in [0.15, 0.2) is 0 Å². The highest BCUT2D eigenvalue weighted by Gasteiger charge is 2.34. The predicted molar refractivity (Wildman–Crippen MR) is 118 cm³/mol. The van der Waals surface area contributed by atoms with E-state index in [1.165, 1.54) is 23.9 Å². The molecule has 0 aromatic heterocycles. The fourth-order valence-corrected chi connectivity index (χ4v) is 4.58. The van der Waals surface area contributed by atoms with Gasteiger partial charge in [-0.1, -0.05) is 54.2 Å². The molecule has 1 aliphatic rings. The Labute approximate surface area is 181 Å². The first-order chi connectivity index (χ1) is 14.8. The smallest absolute Gasteiger partial charge is 0.416 e. The van der Waals surface area contributed by atoms with Crippen LogP contribution < -0.4 is 10.1 Å². The molecule has 1 heterocycles. The second-order valence-corrected chi connectivity index (χ2v) is 7.93. The van der Waals surface area contributed by atoms with Gasteiger partial charge in [0.2, 0.25) is 5.78 Å². The van der Waals surface area contributed by atoms with Crippen molar-refractivity contribution >= 4 is 40.0 Å². The summed E-state index contributed by atoms with van der Waals surface area (Å²) in [5.41, 5.74) is 0.514. The molecule has 1 N–H and O–H groups in total. The van der Waals surface area contributed by atoms with Gasteiger partial charge in [-0.2, -0.15) is 13.2 Å². The first kappa shape index (κ1) is 21.1. The van der Waals surface area contributed by atoms with Gasteiger partial charge in [-0.15, -0.1) is 0 Å². The van der Waals surface area contributed by atoms with Gasteiger partial charge >= 0.3 is 6.18 Å². The summed E-state index contributed by atoms with van der Waals surface area (Å²) in [6.07, 6.45) is -2.71. The number of ketones is 1. The van der Waals surface area contributed by atoms with Crippen molar-refractivity contribution in [2.45, 2.75) is 6.18 Å². The summed E-state index contributed by atoms with van der Waals surface area (Å²) in [5.74, 6) is 0.412. The highest BCUT2D eigenvalue weighted by molar-refractivity contribution is 8.08. The maximum atomic E-state index is 13.2. The van der Waals surface area contributed by atoms with Crippen molar-refractivity contribution in [2.24, 2.45) is 0 Å². The third-order valence-electron chi connectivity index (χ3n) is 5.02. The number of methoxy groups -OCH3 is 1. The van der Waals surface area contributed by atoms with Crippen LogP contribution in [0.25, 0.3) is 22.4 Å². The van der Waals surface area contributed by atoms with E-state index in [-0.39, 0.29) is 16.9 Å². The Bertz CT molecular complexity index is 1250. The van der Waals surface area contributed by atoms with E-state index >= 15 is 0 Å². The Balaban J connectivity index is 1.77. The van der Waals surface area contributed by atoms with E-state index in [0.29, 0.717) is 9.93 Å². The summed E-state index contributed by atoms with van der Waals surface area (Å²) in [6, 6.07) is 16.2. The van der Waals surface area contributed by atoms with E-state index in [4.69, 9.17) is 4.74 Å². The van der Waals surface area contributed by atoms with Gasteiger partial charge in [0.05, 0.1) is 28.2 Å². The van der Waals surface area contributed by atoms with E-state index in [2.05, 4.69) is 5.32 Å². The van der Waals surface area contributed by atoms with Gasteiger partial charge in [0.1, 0.15) is 5.75 Å². The molecule has 0 saturated carbocycles. The molecule has 1 aliphatic heterocycles. The zero-order chi connectivity index (χ0) is 22.2. The normalized spacial score (nSPS) is 15.8. The van der Waals surface area contributed by atoms with E-state index in [0.717, 1.165) is 34.2 Å². The lowest BCUT2D eigenvalue weighted by molar-refractivity contribution is -0.137. The minimum atomic E-state index is -4.48. The van der Waals surface area contributed by atoms with Crippen LogP contribution in [0.1, 0.15) is 16.7 Å². The van der Waals surface area contributed by atoms with E-state index in [9.17, 15) is 18.0 Å². The Morgan fingerprint density at radius 1 is 1.00 bits per heavy atom. The molecule has 0 radical (unpaired) electrons. The number of carbonyl (C=O) groups excluding carboxylic acids is 1. The minimum absolute atomic E-state index is 0.236. The van der Waals surface area contributed by atoms with Gasteiger partial charge in [0, 0.05) is 12.4 Å². The highest BCUT2D eigenvalue weighted by atomic mass is 32.2. The van der Waals surface area contributed by atoms with Crippen molar-refractivity contribution in [3.63, 3.8) is 0 Å². The Morgan fingerprint density at radius 3 is 2.42 bits per heavy atom. The Morgan fingerprint density at radius 2 is 1.71 bits per heavy atom. The monoisotopic (exact) mass is 441 g/mol. The summed E-state index contributed by atoms with van der Waals surface area (Å²) in [6.45, 7) is 0. The number of ether oxygens (including phenoxy) is 1. The molecule has 0 spiro atoms. The molecular weight excluding hydrogens is 423 g/mol. The number of carbonyl (C=O) groups is 1. The molecule has 0 aliphatic carbocycles. The maximum Gasteiger partial charge on any atom is 0.416 e. The van der Waals surface area contributed by atoms with Crippen LogP contribution in [0.3, 0.4) is 0 Å². The minimum Gasteiger partial charge on any atom is -0.496 e. The van der Waals surface area contributed by atoms with Crippen LogP contribution in [0.5, 0.6) is 5.75 Å². The van der Waals surface area contributed by atoms with Crippen LogP contribution in [0.2, 0.25) is 0 Å². The fraction of sp³-hybridized carbons (Fsp3) is 0.125. The molecule has 0 atom stereocenters. The van der Waals surface area contributed by atoms with Crippen LogP contribution in [-0.4, -0.2) is 19.9 Å². The van der Waals surface area contributed by atoms with Gasteiger partial charge < -0.3 is 10.1 Å². The zero-order valence-corrected chi connectivity index (χ0v) is 17.5. The molecule has 4 rings (SSSR count). The number of fused-ring (bicyclic) bond motifs is 1. The third kappa shape index (κ3) is 3.93. The number of hydrogen-bond acceptors (Lipinski definition) is 4. The van der Waals surface area contributed by atoms with Crippen LogP contribution in [-0.2, 0) is 11.0 Å². The number of alkyl halides is 3. The molecule has 3 aromatic carbocycles. The molecular formula is C24H18F3NO2S. The first-order valence-corrected chi connectivity index (χ1v) is 10.2. The van der Waals surface area contributed by atoms with E-state index in [1.54, 1.807) is 20.2 Å². The highest BCUT2D eigenvalue weighted by Crippen LogP contribution is 2.43. The average Bonchev–Trinajstić information content (AvgIpc) is 3.08. The number of benzene rings is 3.